The second-order valence-corrected chi connectivity index (χ2v) is 8.15. The number of hydrogen-bond acceptors (Lipinski definition) is 4. The van der Waals surface area contributed by atoms with Gasteiger partial charge in [-0.15, -0.1) is 0 Å². The Balaban J connectivity index is 1.63. The highest BCUT2D eigenvalue weighted by molar-refractivity contribution is 6.26. The summed E-state index contributed by atoms with van der Waals surface area (Å²) in [4.78, 5) is 8.20. The molecule has 0 aliphatic heterocycles. The zero-order valence-electron chi connectivity index (χ0n) is 18.0. The fraction of sp³-hybridized carbons (Fsp3) is 0. The van der Waals surface area contributed by atoms with Crippen LogP contribution in [-0.2, 0) is 0 Å². The van der Waals surface area contributed by atoms with E-state index in [0.717, 1.165) is 22.3 Å². The Morgan fingerprint density at radius 1 is 0.441 bits per heavy atom. The molecule has 0 radical (unpaired) electrons. The lowest BCUT2D eigenvalue weighted by Gasteiger charge is -2.13. The van der Waals surface area contributed by atoms with Crippen molar-refractivity contribution in [3.8, 4) is 34.4 Å². The van der Waals surface area contributed by atoms with Gasteiger partial charge in [-0.2, -0.15) is 10.5 Å². The van der Waals surface area contributed by atoms with Crippen LogP contribution >= 0.6 is 0 Å². The van der Waals surface area contributed by atoms with E-state index in [2.05, 4.69) is 82.8 Å². The Morgan fingerprint density at radius 2 is 0.853 bits per heavy atom. The third-order valence-electron chi connectivity index (χ3n) is 6.25. The van der Waals surface area contributed by atoms with Crippen molar-refractivity contribution < 1.29 is 0 Å². The second kappa shape index (κ2) is 7.81. The SMILES string of the molecule is N#Cc1cc(-c2ccc3c4ccc(-c5ccnc(C#N)c5)cc4c4ccccc4c3c2)ccn1. The van der Waals surface area contributed by atoms with Crippen molar-refractivity contribution in [1.82, 2.24) is 9.97 Å². The fourth-order valence-corrected chi connectivity index (χ4v) is 4.66. The maximum atomic E-state index is 9.24. The lowest BCUT2D eigenvalue weighted by molar-refractivity contribution is 1.27. The first-order valence-corrected chi connectivity index (χ1v) is 10.9. The first kappa shape index (κ1) is 19.6. The van der Waals surface area contributed by atoms with Crippen LogP contribution in [0.5, 0.6) is 0 Å². The molecule has 0 amide bonds. The predicted molar refractivity (Wildman–Crippen MR) is 135 cm³/mol. The Morgan fingerprint density at radius 3 is 1.29 bits per heavy atom. The Bertz CT molecular complexity index is 1680. The van der Waals surface area contributed by atoms with E-state index in [4.69, 9.17) is 0 Å². The van der Waals surface area contributed by atoms with E-state index < -0.39 is 0 Å². The lowest BCUT2D eigenvalue weighted by Crippen LogP contribution is -1.88. The van der Waals surface area contributed by atoms with Gasteiger partial charge in [0.25, 0.3) is 0 Å². The van der Waals surface area contributed by atoms with Crippen LogP contribution in [0.1, 0.15) is 11.4 Å². The van der Waals surface area contributed by atoms with E-state index >= 15 is 0 Å². The van der Waals surface area contributed by atoms with Gasteiger partial charge in [-0.05, 0) is 91.0 Å². The van der Waals surface area contributed by atoms with Gasteiger partial charge in [0, 0.05) is 12.4 Å². The van der Waals surface area contributed by atoms with Crippen LogP contribution in [-0.4, -0.2) is 9.97 Å². The van der Waals surface area contributed by atoms with Gasteiger partial charge < -0.3 is 0 Å². The number of pyridine rings is 2. The molecule has 0 aliphatic rings. The lowest BCUT2D eigenvalue weighted by atomic mass is 9.90. The van der Waals surface area contributed by atoms with Crippen molar-refractivity contribution >= 4 is 32.3 Å². The van der Waals surface area contributed by atoms with Gasteiger partial charge in [-0.1, -0.05) is 48.5 Å². The molecule has 34 heavy (non-hydrogen) atoms. The molecule has 4 heteroatoms. The number of aromatic nitrogens is 2. The molecule has 2 aromatic heterocycles. The Kier molecular flexibility index (Phi) is 4.51. The number of benzene rings is 4. The van der Waals surface area contributed by atoms with E-state index in [-0.39, 0.29) is 0 Å². The van der Waals surface area contributed by atoms with Crippen LogP contribution in [0.2, 0.25) is 0 Å². The van der Waals surface area contributed by atoms with E-state index in [9.17, 15) is 10.5 Å². The normalized spacial score (nSPS) is 10.9. The van der Waals surface area contributed by atoms with E-state index in [1.54, 1.807) is 12.4 Å². The monoisotopic (exact) mass is 432 g/mol. The molecule has 0 bridgehead atoms. The van der Waals surface area contributed by atoms with Crippen LogP contribution in [0.15, 0.2) is 97.3 Å². The van der Waals surface area contributed by atoms with E-state index in [1.807, 2.05) is 24.3 Å². The summed E-state index contributed by atoms with van der Waals surface area (Å²) in [6.07, 6.45) is 3.35. The summed E-state index contributed by atoms with van der Waals surface area (Å²) in [6.45, 7) is 0. The highest BCUT2D eigenvalue weighted by Gasteiger charge is 2.12. The summed E-state index contributed by atoms with van der Waals surface area (Å²) in [5, 5.41) is 25.5. The van der Waals surface area contributed by atoms with Crippen molar-refractivity contribution in [3.63, 3.8) is 0 Å². The summed E-state index contributed by atoms with van der Waals surface area (Å²) >= 11 is 0. The first-order chi connectivity index (χ1) is 16.7. The van der Waals surface area contributed by atoms with Crippen molar-refractivity contribution in [2.75, 3.05) is 0 Å². The molecule has 2 heterocycles. The maximum Gasteiger partial charge on any atom is 0.141 e. The second-order valence-electron chi connectivity index (χ2n) is 8.15. The van der Waals surface area contributed by atoms with Crippen LogP contribution in [0.4, 0.5) is 0 Å². The number of nitrogens with zero attached hydrogens (tertiary/aromatic N) is 4. The first-order valence-electron chi connectivity index (χ1n) is 10.9. The number of rotatable bonds is 2. The Hall–Kier alpha value is -5.06. The minimum Gasteiger partial charge on any atom is -0.246 e. The summed E-state index contributed by atoms with van der Waals surface area (Å²) in [6, 6.07) is 33.1. The third-order valence-corrected chi connectivity index (χ3v) is 6.25. The smallest absolute Gasteiger partial charge is 0.141 e. The summed E-state index contributed by atoms with van der Waals surface area (Å²) < 4.78 is 0. The van der Waals surface area contributed by atoms with Gasteiger partial charge in [0.1, 0.15) is 23.5 Å². The molecule has 0 spiro atoms. The minimum atomic E-state index is 0.407. The third kappa shape index (κ3) is 3.14. The molecule has 0 unspecified atom stereocenters. The van der Waals surface area contributed by atoms with Crippen LogP contribution in [0, 0.1) is 22.7 Å². The largest absolute Gasteiger partial charge is 0.246 e. The van der Waals surface area contributed by atoms with Crippen molar-refractivity contribution in [1.29, 1.82) is 10.5 Å². The standard InChI is InChI=1S/C30H16N4/c31-17-23-13-21(9-11-33-23)19-5-7-27-28-8-6-20(22-10-12-34-24(14-22)18-32)16-30(28)26-4-2-1-3-25(26)29(27)15-19/h1-16H. The molecule has 4 nitrogen and oxygen atoms in total. The predicted octanol–water partition coefficient (Wildman–Crippen LogP) is 7.01. The minimum absolute atomic E-state index is 0.407. The van der Waals surface area contributed by atoms with E-state index in [0.29, 0.717) is 11.4 Å². The average Bonchev–Trinajstić information content (AvgIpc) is 2.92. The summed E-state index contributed by atoms with van der Waals surface area (Å²) in [5.41, 5.74) is 4.85. The quantitative estimate of drug-likeness (QED) is 0.276. The molecule has 0 saturated heterocycles. The van der Waals surface area contributed by atoms with Gasteiger partial charge in [-0.25, -0.2) is 9.97 Å². The zero-order valence-corrected chi connectivity index (χ0v) is 18.0. The molecule has 6 aromatic rings. The topological polar surface area (TPSA) is 73.4 Å². The van der Waals surface area contributed by atoms with Gasteiger partial charge in [0.2, 0.25) is 0 Å². The van der Waals surface area contributed by atoms with Gasteiger partial charge >= 0.3 is 0 Å². The highest BCUT2D eigenvalue weighted by atomic mass is 14.7. The molecule has 4 aromatic carbocycles. The number of nitriles is 2. The molecular weight excluding hydrogens is 416 g/mol. The van der Waals surface area contributed by atoms with Crippen molar-refractivity contribution in [2.45, 2.75) is 0 Å². The molecule has 0 atom stereocenters. The van der Waals surface area contributed by atoms with Crippen LogP contribution < -0.4 is 0 Å². The summed E-state index contributed by atoms with van der Waals surface area (Å²) in [5.74, 6) is 0. The van der Waals surface area contributed by atoms with Crippen molar-refractivity contribution in [3.05, 3.63) is 109 Å². The molecule has 0 N–H and O–H groups in total. The molecular formula is C30H16N4. The van der Waals surface area contributed by atoms with Gasteiger partial charge in [0.15, 0.2) is 0 Å². The molecule has 6 rings (SSSR count). The molecule has 156 valence electrons. The molecule has 0 saturated carbocycles. The van der Waals surface area contributed by atoms with E-state index in [1.165, 1.54) is 32.3 Å². The number of hydrogen-bond donors (Lipinski definition) is 0. The zero-order chi connectivity index (χ0) is 23.1. The summed E-state index contributed by atoms with van der Waals surface area (Å²) in [7, 11) is 0. The number of fused-ring (bicyclic) bond motifs is 6. The van der Waals surface area contributed by atoms with Crippen LogP contribution in [0.25, 0.3) is 54.6 Å². The van der Waals surface area contributed by atoms with Gasteiger partial charge in [-0.3, -0.25) is 0 Å². The maximum absolute atomic E-state index is 9.24. The highest BCUT2D eigenvalue weighted by Crippen LogP contribution is 2.38. The van der Waals surface area contributed by atoms with Crippen molar-refractivity contribution in [2.24, 2.45) is 0 Å². The Labute approximate surface area is 196 Å². The fourth-order valence-electron chi connectivity index (χ4n) is 4.66. The van der Waals surface area contributed by atoms with Crippen LogP contribution in [0.3, 0.4) is 0 Å². The average molecular weight is 432 g/mol. The molecule has 0 aliphatic carbocycles. The van der Waals surface area contributed by atoms with Gasteiger partial charge in [0.05, 0.1) is 0 Å². The molecule has 0 fully saturated rings.